The third-order valence-corrected chi connectivity index (χ3v) is 3.71. The Labute approximate surface area is 124 Å². The zero-order valence-electron chi connectivity index (χ0n) is 11.4. The van der Waals surface area contributed by atoms with Gasteiger partial charge in [0.25, 0.3) is 0 Å². The molecule has 0 amide bonds. The highest BCUT2D eigenvalue weighted by Gasteiger charge is 2.11. The van der Waals surface area contributed by atoms with Crippen molar-refractivity contribution in [1.29, 1.82) is 0 Å². The molecule has 0 bridgehead atoms. The van der Waals surface area contributed by atoms with Crippen LogP contribution in [-0.2, 0) is 12.8 Å². The van der Waals surface area contributed by atoms with Crippen molar-refractivity contribution in [3.05, 3.63) is 30.2 Å². The average molecular weight is 304 g/mol. The topological polar surface area (TPSA) is 91.8 Å². The molecule has 0 saturated carbocycles. The molecule has 0 atom stereocenters. The zero-order valence-corrected chi connectivity index (χ0v) is 12.2. The predicted octanol–water partition coefficient (Wildman–Crippen LogP) is 1.56. The lowest BCUT2D eigenvalue weighted by atomic mass is 10.2. The van der Waals surface area contributed by atoms with Crippen molar-refractivity contribution in [2.24, 2.45) is 7.05 Å². The van der Waals surface area contributed by atoms with Crippen LogP contribution in [0.4, 0.5) is 0 Å². The molecule has 0 aliphatic carbocycles. The highest BCUT2D eigenvalue weighted by atomic mass is 32.2. The zero-order chi connectivity index (χ0) is 14.7. The molecule has 108 valence electrons. The molecule has 0 spiro atoms. The molecular weight excluding hydrogens is 292 g/mol. The van der Waals surface area contributed by atoms with E-state index < -0.39 is 0 Å². The molecule has 1 aromatic carbocycles. The summed E-state index contributed by atoms with van der Waals surface area (Å²) in [6.07, 6.45) is 0. The van der Waals surface area contributed by atoms with E-state index in [0.717, 1.165) is 11.3 Å². The second-order valence-electron chi connectivity index (χ2n) is 4.10. The number of aryl methyl sites for hydroxylation is 1. The van der Waals surface area contributed by atoms with Gasteiger partial charge in [-0.1, -0.05) is 11.8 Å². The second kappa shape index (κ2) is 5.92. The summed E-state index contributed by atoms with van der Waals surface area (Å²) in [7, 11) is 3.40. The average Bonchev–Trinajstić information content (AvgIpc) is 3.14. The number of ether oxygens (including phenoxy) is 1. The highest BCUT2D eigenvalue weighted by Crippen LogP contribution is 2.24. The van der Waals surface area contributed by atoms with Gasteiger partial charge in [0, 0.05) is 12.6 Å². The summed E-state index contributed by atoms with van der Waals surface area (Å²) in [5, 5.41) is 19.9. The Morgan fingerprint density at radius 3 is 2.67 bits per heavy atom. The maximum Gasteiger partial charge on any atom is 0.247 e. The lowest BCUT2D eigenvalue weighted by Gasteiger charge is -1.99. The smallest absolute Gasteiger partial charge is 0.247 e. The molecule has 0 N–H and O–H groups in total. The largest absolute Gasteiger partial charge is 0.497 e. The van der Waals surface area contributed by atoms with Gasteiger partial charge in [-0.05, 0) is 34.7 Å². The molecule has 0 aliphatic heterocycles. The number of hydrogen-bond acceptors (Lipinski definition) is 8. The van der Waals surface area contributed by atoms with Gasteiger partial charge in [-0.15, -0.1) is 15.3 Å². The van der Waals surface area contributed by atoms with Crippen molar-refractivity contribution < 1.29 is 9.15 Å². The standard InChI is InChI=1S/C12H12N6O2S/c1-18-12(15-16-17-18)21-7-10-13-14-11(20-10)8-3-5-9(19-2)6-4-8/h3-6H,7H2,1-2H3. The SMILES string of the molecule is COc1ccc(-c2nnc(CSc3nnnn3C)o2)cc1. The maximum atomic E-state index is 5.62. The van der Waals surface area contributed by atoms with Gasteiger partial charge in [-0.3, -0.25) is 0 Å². The van der Waals surface area contributed by atoms with Gasteiger partial charge in [0.15, 0.2) is 0 Å². The quantitative estimate of drug-likeness (QED) is 0.656. The van der Waals surface area contributed by atoms with E-state index in [1.54, 1.807) is 18.8 Å². The number of benzene rings is 1. The Morgan fingerprint density at radius 2 is 2.00 bits per heavy atom. The first-order valence-electron chi connectivity index (χ1n) is 6.08. The first-order chi connectivity index (χ1) is 10.3. The molecule has 2 heterocycles. The second-order valence-corrected chi connectivity index (χ2v) is 5.05. The minimum atomic E-state index is 0.476. The van der Waals surface area contributed by atoms with Crippen molar-refractivity contribution in [2.45, 2.75) is 10.9 Å². The molecule has 0 radical (unpaired) electrons. The van der Waals surface area contributed by atoms with Crippen LogP contribution in [-0.4, -0.2) is 37.5 Å². The van der Waals surface area contributed by atoms with Crippen LogP contribution in [0, 0.1) is 0 Å². The van der Waals surface area contributed by atoms with Crippen LogP contribution in [0.2, 0.25) is 0 Å². The van der Waals surface area contributed by atoms with Gasteiger partial charge in [-0.25, -0.2) is 4.68 Å². The van der Waals surface area contributed by atoms with Crippen molar-refractivity contribution in [1.82, 2.24) is 30.4 Å². The van der Waals surface area contributed by atoms with E-state index in [-0.39, 0.29) is 0 Å². The molecule has 0 fully saturated rings. The Bertz CT molecular complexity index is 723. The Hall–Kier alpha value is -2.42. The van der Waals surface area contributed by atoms with Crippen LogP contribution < -0.4 is 4.74 Å². The number of tetrazole rings is 1. The first-order valence-corrected chi connectivity index (χ1v) is 7.07. The van der Waals surface area contributed by atoms with E-state index in [1.807, 2.05) is 24.3 Å². The number of hydrogen-bond donors (Lipinski definition) is 0. The number of thioether (sulfide) groups is 1. The fourth-order valence-corrected chi connectivity index (χ4v) is 2.32. The first kappa shape index (κ1) is 13.6. The number of rotatable bonds is 5. The van der Waals surface area contributed by atoms with Crippen LogP contribution in [0.1, 0.15) is 5.89 Å². The Balaban J connectivity index is 1.69. The Morgan fingerprint density at radius 1 is 1.19 bits per heavy atom. The van der Waals surface area contributed by atoms with E-state index in [0.29, 0.717) is 22.7 Å². The van der Waals surface area contributed by atoms with Crippen LogP contribution in [0.15, 0.2) is 33.8 Å². The molecule has 2 aromatic heterocycles. The minimum Gasteiger partial charge on any atom is -0.497 e. The van der Waals surface area contributed by atoms with Gasteiger partial charge >= 0.3 is 0 Å². The molecule has 8 nitrogen and oxygen atoms in total. The fourth-order valence-electron chi connectivity index (χ4n) is 1.63. The van der Waals surface area contributed by atoms with Gasteiger partial charge in [0.1, 0.15) is 5.75 Å². The van der Waals surface area contributed by atoms with E-state index in [4.69, 9.17) is 9.15 Å². The molecular formula is C12H12N6O2S. The summed E-state index contributed by atoms with van der Waals surface area (Å²) < 4.78 is 12.3. The van der Waals surface area contributed by atoms with Gasteiger partial charge in [0.05, 0.1) is 12.9 Å². The van der Waals surface area contributed by atoms with Crippen LogP contribution >= 0.6 is 11.8 Å². The monoisotopic (exact) mass is 304 g/mol. The maximum absolute atomic E-state index is 5.62. The third kappa shape index (κ3) is 3.02. The molecule has 21 heavy (non-hydrogen) atoms. The summed E-state index contributed by atoms with van der Waals surface area (Å²) in [5.41, 5.74) is 0.847. The van der Waals surface area contributed by atoms with E-state index in [9.17, 15) is 0 Å². The summed E-state index contributed by atoms with van der Waals surface area (Å²) in [5.74, 6) is 2.29. The summed E-state index contributed by atoms with van der Waals surface area (Å²) >= 11 is 1.43. The number of nitrogens with zero attached hydrogens (tertiary/aromatic N) is 6. The van der Waals surface area contributed by atoms with E-state index in [2.05, 4.69) is 25.7 Å². The minimum absolute atomic E-state index is 0.476. The van der Waals surface area contributed by atoms with Crippen molar-refractivity contribution in [2.75, 3.05) is 7.11 Å². The van der Waals surface area contributed by atoms with Crippen molar-refractivity contribution in [3.63, 3.8) is 0 Å². The van der Waals surface area contributed by atoms with Crippen molar-refractivity contribution >= 4 is 11.8 Å². The van der Waals surface area contributed by atoms with Crippen LogP contribution in [0.25, 0.3) is 11.5 Å². The highest BCUT2D eigenvalue weighted by molar-refractivity contribution is 7.98. The fraction of sp³-hybridized carbons (Fsp3) is 0.250. The molecule has 0 unspecified atom stereocenters. The van der Waals surface area contributed by atoms with Gasteiger partial charge in [0.2, 0.25) is 16.9 Å². The molecule has 9 heteroatoms. The van der Waals surface area contributed by atoms with Crippen LogP contribution in [0.3, 0.4) is 0 Å². The summed E-state index contributed by atoms with van der Waals surface area (Å²) in [6.45, 7) is 0. The van der Waals surface area contributed by atoms with E-state index in [1.165, 1.54) is 11.8 Å². The molecule has 0 aliphatic rings. The normalized spacial score (nSPS) is 10.8. The number of methoxy groups -OCH3 is 1. The third-order valence-electron chi connectivity index (χ3n) is 2.71. The molecule has 0 saturated heterocycles. The number of aromatic nitrogens is 6. The van der Waals surface area contributed by atoms with E-state index >= 15 is 0 Å². The van der Waals surface area contributed by atoms with Crippen LogP contribution in [0.5, 0.6) is 5.75 Å². The lowest BCUT2D eigenvalue weighted by Crippen LogP contribution is -1.93. The predicted molar refractivity (Wildman–Crippen MR) is 74.6 cm³/mol. The summed E-state index contributed by atoms with van der Waals surface area (Å²) in [6, 6.07) is 7.43. The van der Waals surface area contributed by atoms with Gasteiger partial charge < -0.3 is 9.15 Å². The Kier molecular flexibility index (Phi) is 3.82. The van der Waals surface area contributed by atoms with Crippen molar-refractivity contribution in [3.8, 4) is 17.2 Å². The summed E-state index contributed by atoms with van der Waals surface area (Å²) in [4.78, 5) is 0. The lowest BCUT2D eigenvalue weighted by molar-refractivity contribution is 0.415. The molecule has 3 rings (SSSR count). The van der Waals surface area contributed by atoms with Gasteiger partial charge in [-0.2, -0.15) is 0 Å². The molecule has 3 aromatic rings.